The van der Waals surface area contributed by atoms with E-state index in [0.717, 1.165) is 24.6 Å². The van der Waals surface area contributed by atoms with E-state index in [4.69, 9.17) is 22.5 Å². The molecule has 0 heterocycles. The van der Waals surface area contributed by atoms with E-state index in [1.54, 1.807) is 6.07 Å². The van der Waals surface area contributed by atoms with Crippen molar-refractivity contribution >= 4 is 17.4 Å². The van der Waals surface area contributed by atoms with Crippen molar-refractivity contribution in [3.05, 3.63) is 34.3 Å². The summed E-state index contributed by atoms with van der Waals surface area (Å²) in [5, 5.41) is 15.7. The lowest BCUT2D eigenvalue weighted by molar-refractivity contribution is 0.318. The number of benzene rings is 1. The van der Waals surface area contributed by atoms with Gasteiger partial charge in [0.05, 0.1) is 0 Å². The van der Waals surface area contributed by atoms with Crippen LogP contribution in [0.2, 0.25) is 5.02 Å². The van der Waals surface area contributed by atoms with Crippen molar-refractivity contribution in [2.24, 2.45) is 16.8 Å². The van der Waals surface area contributed by atoms with Gasteiger partial charge in [-0.25, -0.2) is 0 Å². The Bertz CT molecular complexity index is 470. The fraction of sp³-hybridized carbons (Fsp3) is 0.533. The molecule has 1 aromatic carbocycles. The number of rotatable bonds is 5. The Morgan fingerprint density at radius 2 is 2.10 bits per heavy atom. The van der Waals surface area contributed by atoms with Gasteiger partial charge >= 0.3 is 0 Å². The Balaban J connectivity index is 1.86. The molecule has 1 aromatic rings. The molecule has 0 atom stereocenters. The van der Waals surface area contributed by atoms with Crippen LogP contribution in [0.5, 0.6) is 0 Å². The molecule has 1 aliphatic carbocycles. The van der Waals surface area contributed by atoms with E-state index < -0.39 is 0 Å². The van der Waals surface area contributed by atoms with Crippen LogP contribution in [0.4, 0.5) is 0 Å². The molecule has 4 N–H and O–H groups in total. The molecule has 0 aliphatic heterocycles. The first-order valence-electron chi connectivity index (χ1n) is 7.17. The fourth-order valence-electron chi connectivity index (χ4n) is 2.71. The summed E-state index contributed by atoms with van der Waals surface area (Å²) >= 11 is 6.22. The average molecular weight is 296 g/mol. The number of halogens is 1. The lowest BCUT2D eigenvalue weighted by atomic mass is 9.89. The summed E-state index contributed by atoms with van der Waals surface area (Å²) < 4.78 is 0. The highest BCUT2D eigenvalue weighted by molar-refractivity contribution is 6.31. The molecule has 0 radical (unpaired) electrons. The minimum atomic E-state index is 0.0774. The Kier molecular flexibility index (Phi) is 5.68. The first-order chi connectivity index (χ1) is 9.70. The van der Waals surface area contributed by atoms with Crippen molar-refractivity contribution in [3.8, 4) is 0 Å². The van der Waals surface area contributed by atoms with E-state index in [2.05, 4.69) is 10.5 Å². The Morgan fingerprint density at radius 3 is 2.75 bits per heavy atom. The van der Waals surface area contributed by atoms with Crippen LogP contribution in [0.3, 0.4) is 0 Å². The standard InChI is InChI=1S/C15H22ClN3O/c16-14-8-12(15(17)19-20)6-7-13(14)10-18-9-11-4-2-1-3-5-11/h6-8,11,18,20H,1-5,9-10H2,(H2,17,19). The zero-order valence-corrected chi connectivity index (χ0v) is 12.4. The van der Waals surface area contributed by atoms with Gasteiger partial charge in [0.25, 0.3) is 0 Å². The van der Waals surface area contributed by atoms with Crippen LogP contribution in [0.1, 0.15) is 43.2 Å². The van der Waals surface area contributed by atoms with Crippen LogP contribution in [-0.2, 0) is 6.54 Å². The second kappa shape index (κ2) is 7.50. The van der Waals surface area contributed by atoms with Crippen LogP contribution in [0.25, 0.3) is 0 Å². The lowest BCUT2D eigenvalue weighted by Crippen LogP contribution is -2.24. The van der Waals surface area contributed by atoms with Gasteiger partial charge in [-0.05, 0) is 36.9 Å². The van der Waals surface area contributed by atoms with Crippen molar-refractivity contribution in [1.29, 1.82) is 0 Å². The fourth-order valence-corrected chi connectivity index (χ4v) is 2.96. The summed E-state index contributed by atoms with van der Waals surface area (Å²) in [5.74, 6) is 0.882. The number of nitrogens with two attached hydrogens (primary N) is 1. The third-order valence-electron chi connectivity index (χ3n) is 3.93. The topological polar surface area (TPSA) is 70.6 Å². The van der Waals surface area contributed by atoms with Crippen molar-refractivity contribution < 1.29 is 5.21 Å². The summed E-state index contributed by atoms with van der Waals surface area (Å²) in [7, 11) is 0. The Labute approximate surface area is 125 Å². The monoisotopic (exact) mass is 295 g/mol. The maximum atomic E-state index is 8.64. The number of hydrogen-bond donors (Lipinski definition) is 3. The van der Waals surface area contributed by atoms with Crippen molar-refractivity contribution in [1.82, 2.24) is 5.32 Å². The van der Waals surface area contributed by atoms with Crippen LogP contribution < -0.4 is 11.1 Å². The highest BCUT2D eigenvalue weighted by Crippen LogP contribution is 2.23. The lowest BCUT2D eigenvalue weighted by Gasteiger charge is -2.22. The average Bonchev–Trinajstić information content (AvgIpc) is 2.49. The minimum absolute atomic E-state index is 0.0774. The highest BCUT2D eigenvalue weighted by atomic mass is 35.5. The second-order valence-electron chi connectivity index (χ2n) is 5.43. The molecule has 0 aromatic heterocycles. The van der Waals surface area contributed by atoms with Crippen LogP contribution in [0.15, 0.2) is 23.4 Å². The highest BCUT2D eigenvalue weighted by Gasteiger charge is 2.13. The minimum Gasteiger partial charge on any atom is -0.409 e. The Morgan fingerprint density at radius 1 is 1.35 bits per heavy atom. The molecular formula is C15H22ClN3O. The molecule has 1 saturated carbocycles. The molecule has 4 nitrogen and oxygen atoms in total. The van der Waals surface area contributed by atoms with Gasteiger partial charge in [0.2, 0.25) is 0 Å². The zero-order chi connectivity index (χ0) is 14.4. The van der Waals surface area contributed by atoms with Crippen LogP contribution in [0, 0.1) is 5.92 Å². The van der Waals surface area contributed by atoms with Crippen molar-refractivity contribution in [3.63, 3.8) is 0 Å². The number of oxime groups is 1. The molecule has 0 unspecified atom stereocenters. The normalized spacial score (nSPS) is 17.4. The van der Waals surface area contributed by atoms with Gasteiger partial charge < -0.3 is 16.3 Å². The number of hydrogen-bond acceptors (Lipinski definition) is 3. The quantitative estimate of drug-likeness (QED) is 0.338. The SMILES string of the molecule is N/C(=N/O)c1ccc(CNCC2CCCCC2)c(Cl)c1. The zero-order valence-electron chi connectivity index (χ0n) is 11.6. The van der Waals surface area contributed by atoms with E-state index in [1.165, 1.54) is 32.1 Å². The van der Waals surface area contributed by atoms with E-state index in [1.807, 2.05) is 12.1 Å². The summed E-state index contributed by atoms with van der Waals surface area (Å²) in [4.78, 5) is 0. The Hall–Kier alpha value is -1.26. The van der Waals surface area contributed by atoms with Gasteiger partial charge in [-0.1, -0.05) is 48.2 Å². The molecule has 0 spiro atoms. The molecule has 1 fully saturated rings. The maximum Gasteiger partial charge on any atom is 0.170 e. The predicted octanol–water partition coefficient (Wildman–Crippen LogP) is 3.10. The first kappa shape index (κ1) is 15.1. The van der Waals surface area contributed by atoms with E-state index in [-0.39, 0.29) is 5.84 Å². The van der Waals surface area contributed by atoms with Gasteiger partial charge in [0, 0.05) is 17.1 Å². The molecule has 0 saturated heterocycles. The second-order valence-corrected chi connectivity index (χ2v) is 5.83. The number of amidine groups is 1. The maximum absolute atomic E-state index is 8.64. The van der Waals surface area contributed by atoms with Crippen LogP contribution >= 0.6 is 11.6 Å². The number of nitrogens with zero attached hydrogens (tertiary/aromatic N) is 1. The molecule has 0 bridgehead atoms. The summed E-state index contributed by atoms with van der Waals surface area (Å²) in [6.45, 7) is 1.81. The predicted molar refractivity (Wildman–Crippen MR) is 82.2 cm³/mol. The van der Waals surface area contributed by atoms with Gasteiger partial charge in [0.15, 0.2) is 5.84 Å². The molecule has 1 aliphatic rings. The summed E-state index contributed by atoms with van der Waals surface area (Å²) in [6.07, 6.45) is 6.78. The molecule has 110 valence electrons. The molecule has 2 rings (SSSR count). The van der Waals surface area contributed by atoms with Gasteiger partial charge in [-0.3, -0.25) is 0 Å². The van der Waals surface area contributed by atoms with Gasteiger partial charge in [-0.15, -0.1) is 0 Å². The summed E-state index contributed by atoms with van der Waals surface area (Å²) in [5.41, 5.74) is 7.21. The summed E-state index contributed by atoms with van der Waals surface area (Å²) in [6, 6.07) is 5.47. The third-order valence-corrected chi connectivity index (χ3v) is 4.28. The molecule has 20 heavy (non-hydrogen) atoms. The largest absolute Gasteiger partial charge is 0.409 e. The van der Waals surface area contributed by atoms with Gasteiger partial charge in [0.1, 0.15) is 0 Å². The first-order valence-corrected chi connectivity index (χ1v) is 7.55. The molecular weight excluding hydrogens is 274 g/mol. The van der Waals surface area contributed by atoms with Gasteiger partial charge in [-0.2, -0.15) is 0 Å². The molecule has 0 amide bonds. The smallest absolute Gasteiger partial charge is 0.170 e. The van der Waals surface area contributed by atoms with Crippen molar-refractivity contribution in [2.75, 3.05) is 6.54 Å². The van der Waals surface area contributed by atoms with Crippen LogP contribution in [-0.4, -0.2) is 17.6 Å². The van der Waals surface area contributed by atoms with E-state index in [0.29, 0.717) is 10.6 Å². The van der Waals surface area contributed by atoms with E-state index >= 15 is 0 Å². The number of nitrogens with one attached hydrogen (secondary N) is 1. The van der Waals surface area contributed by atoms with Crippen molar-refractivity contribution in [2.45, 2.75) is 38.6 Å². The van der Waals surface area contributed by atoms with E-state index in [9.17, 15) is 0 Å². The third kappa shape index (κ3) is 4.12. The molecule has 5 heteroatoms.